The average Bonchev–Trinajstić information content (AvgIpc) is 3.32. The van der Waals surface area contributed by atoms with E-state index in [0.717, 1.165) is 43.8 Å². The zero-order chi connectivity index (χ0) is 24.0. The highest BCUT2D eigenvalue weighted by molar-refractivity contribution is 5.91. The predicted octanol–water partition coefficient (Wildman–Crippen LogP) is 4.43. The molecule has 2 atom stereocenters. The molecule has 3 aromatic carbocycles. The van der Waals surface area contributed by atoms with Crippen molar-refractivity contribution in [1.82, 2.24) is 20.1 Å². The highest BCUT2D eigenvalue weighted by atomic mass is 16.1. The minimum absolute atomic E-state index is 0.228. The number of rotatable bonds is 9. The van der Waals surface area contributed by atoms with Crippen LogP contribution in [0.1, 0.15) is 22.6 Å². The maximum atomic E-state index is 14.5. The average molecular weight is 467 g/mol. The first kappa shape index (κ1) is 23.5. The first-order valence-corrected chi connectivity index (χ1v) is 12.5. The van der Waals surface area contributed by atoms with E-state index >= 15 is 0 Å². The van der Waals surface area contributed by atoms with Gasteiger partial charge in [-0.1, -0.05) is 78.9 Å². The summed E-state index contributed by atoms with van der Waals surface area (Å²) in [5, 5.41) is 4.63. The fourth-order valence-electron chi connectivity index (χ4n) is 5.33. The van der Waals surface area contributed by atoms with Crippen LogP contribution in [0.5, 0.6) is 0 Å². The summed E-state index contributed by atoms with van der Waals surface area (Å²) in [5.41, 5.74) is 4.60. The minimum Gasteiger partial charge on any atom is -0.361 e. The molecule has 1 aromatic heterocycles. The lowest BCUT2D eigenvalue weighted by Gasteiger charge is -2.40. The van der Waals surface area contributed by atoms with Crippen molar-refractivity contribution >= 4 is 16.7 Å². The molecule has 5 heteroatoms. The molecule has 0 aliphatic carbocycles. The van der Waals surface area contributed by atoms with Crippen LogP contribution in [0.2, 0.25) is 0 Å². The van der Waals surface area contributed by atoms with Crippen LogP contribution in [0.3, 0.4) is 0 Å². The van der Waals surface area contributed by atoms with Crippen molar-refractivity contribution in [3.63, 3.8) is 0 Å². The quantitative estimate of drug-likeness (QED) is 0.383. The molecular formula is C30H34N4O. The number of aromatic nitrogens is 1. The molecule has 2 N–H and O–H groups in total. The van der Waals surface area contributed by atoms with E-state index in [1.807, 2.05) is 30.3 Å². The van der Waals surface area contributed by atoms with Crippen LogP contribution in [0.15, 0.2) is 91.1 Å². The lowest BCUT2D eigenvalue weighted by Crippen LogP contribution is -2.58. The zero-order valence-electron chi connectivity index (χ0n) is 20.4. The minimum atomic E-state index is -0.285. The highest BCUT2D eigenvalue weighted by Crippen LogP contribution is 2.29. The smallest absolute Gasteiger partial charge is 0.172 e. The Morgan fingerprint density at radius 2 is 1.57 bits per heavy atom. The first-order valence-electron chi connectivity index (χ1n) is 12.5. The van der Waals surface area contributed by atoms with E-state index < -0.39 is 0 Å². The number of fused-ring (bicyclic) bond motifs is 1. The fraction of sp³-hybridized carbons (Fsp3) is 0.300. The van der Waals surface area contributed by atoms with Crippen LogP contribution in [0.4, 0.5) is 0 Å². The molecule has 4 aromatic rings. The van der Waals surface area contributed by atoms with E-state index in [9.17, 15) is 4.79 Å². The molecule has 1 aliphatic rings. The summed E-state index contributed by atoms with van der Waals surface area (Å²) in [7, 11) is 2.09. The van der Waals surface area contributed by atoms with Crippen molar-refractivity contribution in [2.24, 2.45) is 0 Å². The van der Waals surface area contributed by atoms with Crippen LogP contribution >= 0.6 is 0 Å². The lowest BCUT2D eigenvalue weighted by molar-refractivity contribution is -0.133. The van der Waals surface area contributed by atoms with Crippen LogP contribution in [-0.2, 0) is 17.8 Å². The highest BCUT2D eigenvalue weighted by Gasteiger charge is 2.36. The number of nitrogens with one attached hydrogen (secondary N) is 2. The Kier molecular flexibility index (Phi) is 7.38. The number of Topliss-reactive ketones (excluding diaryl/α,β-unsaturated/α-hetero) is 1. The van der Waals surface area contributed by atoms with Crippen molar-refractivity contribution in [3.8, 4) is 0 Å². The van der Waals surface area contributed by atoms with E-state index in [1.54, 1.807) is 0 Å². The number of hydrogen-bond donors (Lipinski definition) is 2. The van der Waals surface area contributed by atoms with Gasteiger partial charge in [-0.05, 0) is 36.2 Å². The fourth-order valence-corrected chi connectivity index (χ4v) is 5.33. The van der Waals surface area contributed by atoms with Gasteiger partial charge in [0, 0.05) is 55.7 Å². The molecule has 5 nitrogen and oxygen atoms in total. The SMILES string of the molecule is CN(Cc1ccccc1)[C@H](C(=O)C(Cc1c[nH]c2ccccc12)c1ccccc1)N1CCNCC1. The summed E-state index contributed by atoms with van der Waals surface area (Å²) in [5.74, 6) is 0.0373. The van der Waals surface area contributed by atoms with E-state index in [0.29, 0.717) is 6.42 Å². The number of likely N-dealkylation sites (N-methyl/N-ethyl adjacent to an activating group) is 1. The van der Waals surface area contributed by atoms with Gasteiger partial charge < -0.3 is 10.3 Å². The largest absolute Gasteiger partial charge is 0.361 e. The molecule has 1 unspecified atom stereocenters. The van der Waals surface area contributed by atoms with E-state index in [2.05, 4.69) is 87.9 Å². The number of nitrogens with zero attached hydrogens (tertiary/aromatic N) is 2. The standard InChI is InChI=1S/C30H34N4O/c1-33(22-23-10-4-2-5-11-23)30(34-18-16-31-17-19-34)29(35)27(24-12-6-3-7-13-24)20-25-21-32-28-15-9-8-14-26(25)28/h2-15,21,27,30-32H,16-20,22H2,1H3/t27?,30-/m0/s1. The topological polar surface area (TPSA) is 51.4 Å². The molecule has 0 radical (unpaired) electrons. The molecular weight excluding hydrogens is 432 g/mol. The molecule has 0 saturated carbocycles. The second-order valence-electron chi connectivity index (χ2n) is 9.49. The Morgan fingerprint density at radius 3 is 2.31 bits per heavy atom. The van der Waals surface area contributed by atoms with Gasteiger partial charge in [0.15, 0.2) is 5.78 Å². The van der Waals surface area contributed by atoms with Crippen LogP contribution in [0, 0.1) is 0 Å². The van der Waals surface area contributed by atoms with Crippen molar-refractivity contribution in [3.05, 3.63) is 108 Å². The molecule has 5 rings (SSSR count). The number of para-hydroxylation sites is 1. The summed E-state index contributed by atoms with van der Waals surface area (Å²) in [6.45, 7) is 4.27. The molecule has 180 valence electrons. The molecule has 0 spiro atoms. The maximum absolute atomic E-state index is 14.5. The second-order valence-corrected chi connectivity index (χ2v) is 9.49. The number of aromatic amines is 1. The zero-order valence-corrected chi connectivity index (χ0v) is 20.4. The maximum Gasteiger partial charge on any atom is 0.172 e. The normalized spacial score (nSPS) is 16.4. The Bertz CT molecular complexity index is 1230. The summed E-state index contributed by atoms with van der Waals surface area (Å²) >= 11 is 0. The molecule has 1 fully saturated rings. The van der Waals surface area contributed by atoms with Gasteiger partial charge in [-0.3, -0.25) is 14.6 Å². The lowest BCUT2D eigenvalue weighted by atomic mass is 9.86. The van der Waals surface area contributed by atoms with Crippen molar-refractivity contribution in [1.29, 1.82) is 0 Å². The Balaban J connectivity index is 1.49. The number of H-pyrrole nitrogens is 1. The number of hydrogen-bond acceptors (Lipinski definition) is 4. The summed E-state index contributed by atoms with van der Waals surface area (Å²) in [6.07, 6.45) is 2.46. The van der Waals surface area contributed by atoms with E-state index in [-0.39, 0.29) is 17.9 Å². The van der Waals surface area contributed by atoms with Crippen molar-refractivity contribution < 1.29 is 4.79 Å². The van der Waals surface area contributed by atoms with Gasteiger partial charge >= 0.3 is 0 Å². The van der Waals surface area contributed by atoms with Gasteiger partial charge in [0.1, 0.15) is 6.17 Å². The Morgan fingerprint density at radius 1 is 0.914 bits per heavy atom. The number of benzene rings is 3. The van der Waals surface area contributed by atoms with Crippen LogP contribution in [-0.4, -0.2) is 60.0 Å². The van der Waals surface area contributed by atoms with E-state index in [1.165, 1.54) is 16.5 Å². The summed E-state index contributed by atoms with van der Waals surface area (Å²) < 4.78 is 0. The van der Waals surface area contributed by atoms with Gasteiger partial charge in [0.05, 0.1) is 0 Å². The van der Waals surface area contributed by atoms with E-state index in [4.69, 9.17) is 0 Å². The molecule has 0 amide bonds. The molecule has 1 aliphatic heterocycles. The number of piperazine rings is 1. The van der Waals surface area contributed by atoms with Gasteiger partial charge in [0.2, 0.25) is 0 Å². The van der Waals surface area contributed by atoms with Crippen molar-refractivity contribution in [2.45, 2.75) is 25.0 Å². The Labute approximate surface area is 207 Å². The number of carbonyl (C=O) groups excluding carboxylic acids is 1. The third-order valence-electron chi connectivity index (χ3n) is 7.09. The van der Waals surface area contributed by atoms with Gasteiger partial charge in [0.25, 0.3) is 0 Å². The summed E-state index contributed by atoms with van der Waals surface area (Å²) in [6, 6.07) is 29.1. The van der Waals surface area contributed by atoms with Crippen LogP contribution < -0.4 is 5.32 Å². The van der Waals surface area contributed by atoms with Gasteiger partial charge in [-0.2, -0.15) is 0 Å². The first-order chi connectivity index (χ1) is 17.2. The van der Waals surface area contributed by atoms with Crippen molar-refractivity contribution in [2.75, 3.05) is 33.2 Å². The van der Waals surface area contributed by atoms with Gasteiger partial charge in [-0.15, -0.1) is 0 Å². The Hall–Kier alpha value is -3.25. The number of ketones is 1. The molecule has 0 bridgehead atoms. The third-order valence-corrected chi connectivity index (χ3v) is 7.09. The third kappa shape index (κ3) is 5.38. The predicted molar refractivity (Wildman–Crippen MR) is 142 cm³/mol. The molecule has 35 heavy (non-hydrogen) atoms. The van der Waals surface area contributed by atoms with Gasteiger partial charge in [-0.25, -0.2) is 0 Å². The van der Waals surface area contributed by atoms with Crippen LogP contribution in [0.25, 0.3) is 10.9 Å². The summed E-state index contributed by atoms with van der Waals surface area (Å²) in [4.78, 5) is 22.5. The monoisotopic (exact) mass is 466 g/mol. The molecule has 1 saturated heterocycles. The second kappa shape index (κ2) is 11.0. The molecule has 2 heterocycles. The number of carbonyl (C=O) groups is 1.